The third kappa shape index (κ3) is 2.96. The van der Waals surface area contributed by atoms with E-state index in [1.54, 1.807) is 0 Å². The van der Waals surface area contributed by atoms with Gasteiger partial charge in [-0.05, 0) is 50.8 Å². The van der Waals surface area contributed by atoms with Crippen LogP contribution in [0.3, 0.4) is 0 Å². The molecule has 1 fully saturated rings. The first-order valence-corrected chi connectivity index (χ1v) is 6.78. The molecule has 0 aliphatic carbocycles. The first-order valence-electron chi connectivity index (χ1n) is 6.78. The number of carbonyl (C=O) groups excluding carboxylic acids is 1. The van der Waals surface area contributed by atoms with Crippen molar-refractivity contribution >= 4 is 5.97 Å². The molecule has 0 aromatic heterocycles. The van der Waals surface area contributed by atoms with E-state index in [1.807, 2.05) is 6.92 Å². The molecule has 2 atom stereocenters. The Morgan fingerprint density at radius 1 is 1.26 bits per heavy atom. The Balaban J connectivity index is 2.15. The van der Waals surface area contributed by atoms with Crippen LogP contribution < -0.4 is 10.9 Å². The zero-order valence-electron chi connectivity index (χ0n) is 12.0. The number of ether oxygens (including phenoxy) is 1. The van der Waals surface area contributed by atoms with Crippen LogP contribution in [-0.4, -0.2) is 18.6 Å². The molecule has 0 saturated carbocycles. The highest BCUT2D eigenvalue weighted by molar-refractivity contribution is 5.76. The van der Waals surface area contributed by atoms with Crippen molar-refractivity contribution in [2.45, 2.75) is 46.2 Å². The molecule has 0 radical (unpaired) electrons. The highest BCUT2D eigenvalue weighted by atomic mass is 16.5. The third-order valence-electron chi connectivity index (χ3n) is 3.56. The van der Waals surface area contributed by atoms with Gasteiger partial charge >= 0.3 is 5.97 Å². The molecular weight excluding hydrogens is 240 g/mol. The van der Waals surface area contributed by atoms with Crippen molar-refractivity contribution in [2.75, 3.05) is 6.61 Å². The predicted octanol–water partition coefficient (Wildman–Crippen LogP) is 2.08. The van der Waals surface area contributed by atoms with Gasteiger partial charge in [-0.3, -0.25) is 4.79 Å². The summed E-state index contributed by atoms with van der Waals surface area (Å²) in [6, 6.07) is 4.27. The van der Waals surface area contributed by atoms with Gasteiger partial charge in [0.25, 0.3) is 0 Å². The molecular formula is C15H22N2O2. The highest BCUT2D eigenvalue weighted by Gasteiger charge is 2.32. The second-order valence-corrected chi connectivity index (χ2v) is 5.19. The number of hydrogen-bond donors (Lipinski definition) is 2. The summed E-state index contributed by atoms with van der Waals surface area (Å²) in [4.78, 5) is 11.7. The topological polar surface area (TPSA) is 50.4 Å². The second-order valence-electron chi connectivity index (χ2n) is 5.19. The van der Waals surface area contributed by atoms with Crippen molar-refractivity contribution in [2.24, 2.45) is 0 Å². The Morgan fingerprint density at radius 3 is 2.47 bits per heavy atom. The maximum absolute atomic E-state index is 11.7. The van der Waals surface area contributed by atoms with Crippen LogP contribution in [0.15, 0.2) is 12.1 Å². The highest BCUT2D eigenvalue weighted by Crippen LogP contribution is 2.29. The number of nitrogens with one attached hydrogen (secondary N) is 2. The molecule has 4 nitrogen and oxygen atoms in total. The Labute approximate surface area is 114 Å². The fourth-order valence-corrected chi connectivity index (χ4v) is 2.88. The van der Waals surface area contributed by atoms with E-state index in [0.29, 0.717) is 6.61 Å². The van der Waals surface area contributed by atoms with E-state index in [1.165, 1.54) is 22.3 Å². The van der Waals surface area contributed by atoms with E-state index < -0.39 is 0 Å². The van der Waals surface area contributed by atoms with Gasteiger partial charge in [0.15, 0.2) is 0 Å². The molecule has 2 rings (SSSR count). The largest absolute Gasteiger partial charge is 0.465 e. The molecule has 19 heavy (non-hydrogen) atoms. The van der Waals surface area contributed by atoms with Gasteiger partial charge in [0, 0.05) is 6.04 Å². The summed E-state index contributed by atoms with van der Waals surface area (Å²) in [6.07, 6.45) is 0.726. The number of benzene rings is 1. The fraction of sp³-hybridized carbons (Fsp3) is 0.533. The molecule has 1 aliphatic rings. The summed E-state index contributed by atoms with van der Waals surface area (Å²) in [5, 5.41) is 0. The quantitative estimate of drug-likeness (QED) is 0.819. The average Bonchev–Trinajstić information content (AvgIpc) is 2.77. The summed E-state index contributed by atoms with van der Waals surface area (Å²) in [6.45, 7) is 8.59. The van der Waals surface area contributed by atoms with Crippen LogP contribution in [0, 0.1) is 20.8 Å². The van der Waals surface area contributed by atoms with Gasteiger partial charge in [-0.2, -0.15) is 0 Å². The standard InChI is InChI=1S/C15H22N2O2/c1-5-19-15(18)13-8-12(16-17-13)14-10(3)6-9(2)7-11(14)4/h6-7,12-13,16-17H,5,8H2,1-4H3. The van der Waals surface area contributed by atoms with E-state index in [4.69, 9.17) is 4.74 Å². The summed E-state index contributed by atoms with van der Waals surface area (Å²) >= 11 is 0. The molecule has 4 heteroatoms. The van der Waals surface area contributed by atoms with Crippen LogP contribution in [0.5, 0.6) is 0 Å². The Hall–Kier alpha value is -1.39. The van der Waals surface area contributed by atoms with Gasteiger partial charge < -0.3 is 4.74 Å². The number of esters is 1. The van der Waals surface area contributed by atoms with Gasteiger partial charge in [-0.25, -0.2) is 10.9 Å². The van der Waals surface area contributed by atoms with Crippen LogP contribution in [0.25, 0.3) is 0 Å². The van der Waals surface area contributed by atoms with Gasteiger partial charge in [-0.1, -0.05) is 17.7 Å². The molecule has 2 unspecified atom stereocenters. The van der Waals surface area contributed by atoms with Crippen LogP contribution in [0.2, 0.25) is 0 Å². The normalized spacial score (nSPS) is 22.5. The molecule has 104 valence electrons. The summed E-state index contributed by atoms with van der Waals surface area (Å²) < 4.78 is 5.05. The van der Waals surface area contributed by atoms with E-state index in [-0.39, 0.29) is 18.1 Å². The van der Waals surface area contributed by atoms with Gasteiger partial charge in [-0.15, -0.1) is 0 Å². The fourth-order valence-electron chi connectivity index (χ4n) is 2.88. The van der Waals surface area contributed by atoms with Crippen molar-refractivity contribution in [3.63, 3.8) is 0 Å². The molecule has 1 aliphatic heterocycles. The molecule has 0 spiro atoms. The average molecular weight is 262 g/mol. The lowest BCUT2D eigenvalue weighted by Gasteiger charge is -2.17. The SMILES string of the molecule is CCOC(=O)C1CC(c2c(C)cc(C)cc2C)NN1. The van der Waals surface area contributed by atoms with Gasteiger partial charge in [0.2, 0.25) is 0 Å². The summed E-state index contributed by atoms with van der Waals surface area (Å²) in [5.41, 5.74) is 11.3. The van der Waals surface area contributed by atoms with Crippen LogP contribution >= 0.6 is 0 Å². The maximum Gasteiger partial charge on any atom is 0.324 e. The Morgan fingerprint density at radius 2 is 1.89 bits per heavy atom. The lowest BCUT2D eigenvalue weighted by molar-refractivity contribution is -0.145. The zero-order chi connectivity index (χ0) is 14.0. The minimum Gasteiger partial charge on any atom is -0.465 e. The number of aryl methyl sites for hydroxylation is 3. The monoisotopic (exact) mass is 262 g/mol. The van der Waals surface area contributed by atoms with E-state index >= 15 is 0 Å². The van der Waals surface area contributed by atoms with Crippen LogP contribution in [0.4, 0.5) is 0 Å². The summed E-state index contributed by atoms with van der Waals surface area (Å²) in [5.74, 6) is -0.181. The lowest BCUT2D eigenvalue weighted by atomic mass is 9.92. The molecule has 0 bridgehead atoms. The Kier molecular flexibility index (Phi) is 4.22. The first-order chi connectivity index (χ1) is 9.02. The number of rotatable bonds is 3. The van der Waals surface area contributed by atoms with Crippen molar-refractivity contribution in [3.05, 3.63) is 34.4 Å². The molecule has 1 aromatic carbocycles. The predicted molar refractivity (Wildman–Crippen MR) is 74.7 cm³/mol. The van der Waals surface area contributed by atoms with Crippen molar-refractivity contribution < 1.29 is 9.53 Å². The summed E-state index contributed by atoms with van der Waals surface area (Å²) in [7, 11) is 0. The van der Waals surface area contributed by atoms with E-state index in [2.05, 4.69) is 43.8 Å². The van der Waals surface area contributed by atoms with E-state index in [9.17, 15) is 4.79 Å². The molecule has 1 heterocycles. The third-order valence-corrected chi connectivity index (χ3v) is 3.56. The minimum atomic E-state index is -0.259. The molecule has 1 aromatic rings. The van der Waals surface area contributed by atoms with Crippen molar-refractivity contribution in [1.29, 1.82) is 0 Å². The molecule has 1 saturated heterocycles. The lowest BCUT2D eigenvalue weighted by Crippen LogP contribution is -2.37. The van der Waals surface area contributed by atoms with Gasteiger partial charge in [0.1, 0.15) is 6.04 Å². The smallest absolute Gasteiger partial charge is 0.324 e. The Bertz CT molecular complexity index is 462. The minimum absolute atomic E-state index is 0.162. The maximum atomic E-state index is 11.7. The van der Waals surface area contributed by atoms with Crippen LogP contribution in [-0.2, 0) is 9.53 Å². The van der Waals surface area contributed by atoms with Gasteiger partial charge in [0.05, 0.1) is 6.61 Å². The molecule has 2 N–H and O–H groups in total. The zero-order valence-corrected chi connectivity index (χ0v) is 12.0. The first kappa shape index (κ1) is 14.0. The van der Waals surface area contributed by atoms with Crippen molar-refractivity contribution in [3.8, 4) is 0 Å². The second kappa shape index (κ2) is 5.72. The molecule has 0 amide bonds. The number of carbonyl (C=O) groups is 1. The van der Waals surface area contributed by atoms with E-state index in [0.717, 1.165) is 6.42 Å². The number of hydrazine groups is 1. The van der Waals surface area contributed by atoms with Crippen LogP contribution in [0.1, 0.15) is 41.6 Å². The van der Waals surface area contributed by atoms with Crippen molar-refractivity contribution in [1.82, 2.24) is 10.9 Å². The number of hydrogen-bond acceptors (Lipinski definition) is 4.